The van der Waals surface area contributed by atoms with Crippen LogP contribution in [0, 0.1) is 11.3 Å². The second kappa shape index (κ2) is 8.65. The van der Waals surface area contributed by atoms with Crippen molar-refractivity contribution in [1.29, 1.82) is 5.26 Å². The normalized spacial score (nSPS) is 12.4. The molecule has 0 unspecified atom stereocenters. The molecule has 1 amide bonds. The largest absolute Gasteiger partial charge is 0.325 e. The van der Waals surface area contributed by atoms with Gasteiger partial charge in [0.05, 0.1) is 33.7 Å². The van der Waals surface area contributed by atoms with Crippen LogP contribution in [0.2, 0.25) is 0 Å². The number of aryl methyl sites for hydroxylation is 1. The Morgan fingerprint density at radius 2 is 1.97 bits per heavy atom. The van der Waals surface area contributed by atoms with Gasteiger partial charge in [0.15, 0.2) is 5.16 Å². The Kier molecular flexibility index (Phi) is 6.22. The molecule has 0 spiro atoms. The van der Waals surface area contributed by atoms with Crippen molar-refractivity contribution in [3.05, 3.63) is 48.5 Å². The van der Waals surface area contributed by atoms with Crippen LogP contribution in [-0.2, 0) is 21.4 Å². The van der Waals surface area contributed by atoms with E-state index in [2.05, 4.69) is 16.4 Å². The standard InChI is InChI=1S/C19H19N5O3S2/c1-13(18(25)22-14-7-9-15(10-8-14)29(21,26)27)28-19-23-16-5-2-3-6-17(16)24(19)12-4-11-20/h2-3,5-10,13H,4,12H2,1H3,(H,22,25)(H2,21,26,27)/t13-/m1/s1. The van der Waals surface area contributed by atoms with E-state index >= 15 is 0 Å². The van der Waals surface area contributed by atoms with E-state index in [0.29, 0.717) is 23.8 Å². The zero-order chi connectivity index (χ0) is 21.0. The molecule has 0 aliphatic carbocycles. The number of anilines is 1. The van der Waals surface area contributed by atoms with Crippen LogP contribution >= 0.6 is 11.8 Å². The maximum absolute atomic E-state index is 12.6. The summed E-state index contributed by atoms with van der Waals surface area (Å²) < 4.78 is 24.6. The van der Waals surface area contributed by atoms with Gasteiger partial charge in [0.1, 0.15) is 0 Å². The molecule has 8 nitrogen and oxygen atoms in total. The van der Waals surface area contributed by atoms with E-state index in [0.717, 1.165) is 11.0 Å². The van der Waals surface area contributed by atoms with Gasteiger partial charge in [-0.1, -0.05) is 23.9 Å². The van der Waals surface area contributed by atoms with Crippen molar-refractivity contribution in [2.75, 3.05) is 5.32 Å². The van der Waals surface area contributed by atoms with E-state index in [1.165, 1.54) is 36.0 Å². The van der Waals surface area contributed by atoms with Crippen molar-refractivity contribution in [3.63, 3.8) is 0 Å². The third kappa shape index (κ3) is 4.95. The minimum atomic E-state index is -3.78. The summed E-state index contributed by atoms with van der Waals surface area (Å²) >= 11 is 1.30. The minimum absolute atomic E-state index is 0.0240. The SMILES string of the molecule is C[C@@H](Sc1nc2ccccc2n1CCC#N)C(=O)Nc1ccc(S(N)(=O)=O)cc1. The molecule has 1 aromatic heterocycles. The van der Waals surface area contributed by atoms with Crippen LogP contribution in [0.25, 0.3) is 11.0 Å². The molecule has 3 rings (SSSR count). The molecule has 0 fully saturated rings. The number of carbonyl (C=O) groups is 1. The van der Waals surface area contributed by atoms with Gasteiger partial charge in [0.25, 0.3) is 0 Å². The number of nitriles is 1. The first-order chi connectivity index (χ1) is 13.8. The Bertz CT molecular complexity index is 1180. The van der Waals surface area contributed by atoms with Crippen LogP contribution in [0.5, 0.6) is 0 Å². The third-order valence-electron chi connectivity index (χ3n) is 4.17. The number of hydrogen-bond acceptors (Lipinski definition) is 6. The van der Waals surface area contributed by atoms with Gasteiger partial charge in [0.2, 0.25) is 15.9 Å². The van der Waals surface area contributed by atoms with E-state index < -0.39 is 15.3 Å². The lowest BCUT2D eigenvalue weighted by atomic mass is 10.3. The molecule has 0 bridgehead atoms. The lowest BCUT2D eigenvalue weighted by Crippen LogP contribution is -2.23. The van der Waals surface area contributed by atoms with Gasteiger partial charge in [-0.25, -0.2) is 18.5 Å². The number of thioether (sulfide) groups is 1. The number of amides is 1. The van der Waals surface area contributed by atoms with Crippen molar-refractivity contribution in [1.82, 2.24) is 9.55 Å². The number of hydrogen-bond donors (Lipinski definition) is 2. The van der Waals surface area contributed by atoms with E-state index in [9.17, 15) is 13.2 Å². The summed E-state index contributed by atoms with van der Waals surface area (Å²) in [5.41, 5.74) is 2.18. The third-order valence-corrected chi connectivity index (χ3v) is 6.19. The van der Waals surface area contributed by atoms with Crippen molar-refractivity contribution in [3.8, 4) is 6.07 Å². The molecular weight excluding hydrogens is 410 g/mol. The summed E-state index contributed by atoms with van der Waals surface area (Å²) in [4.78, 5) is 17.1. The number of rotatable bonds is 7. The molecule has 150 valence electrons. The fourth-order valence-corrected chi connectivity index (χ4v) is 4.17. The molecule has 2 aromatic carbocycles. The molecule has 0 aliphatic rings. The first kappa shape index (κ1) is 20.9. The molecule has 0 radical (unpaired) electrons. The summed E-state index contributed by atoms with van der Waals surface area (Å²) in [7, 11) is -3.78. The average Bonchev–Trinajstić information content (AvgIpc) is 3.03. The first-order valence-electron chi connectivity index (χ1n) is 8.72. The topological polar surface area (TPSA) is 131 Å². The van der Waals surface area contributed by atoms with Gasteiger partial charge in [-0.2, -0.15) is 5.26 Å². The Balaban J connectivity index is 1.75. The fourth-order valence-electron chi connectivity index (χ4n) is 2.70. The number of nitrogens with zero attached hydrogens (tertiary/aromatic N) is 3. The molecule has 0 saturated carbocycles. The predicted molar refractivity (Wildman–Crippen MR) is 112 cm³/mol. The number of aromatic nitrogens is 2. The van der Waals surface area contributed by atoms with Crippen molar-refractivity contribution < 1.29 is 13.2 Å². The van der Waals surface area contributed by atoms with E-state index in [1.807, 2.05) is 28.8 Å². The molecule has 29 heavy (non-hydrogen) atoms. The Morgan fingerprint density at radius 3 is 2.62 bits per heavy atom. The lowest BCUT2D eigenvalue weighted by Gasteiger charge is -2.13. The highest BCUT2D eigenvalue weighted by molar-refractivity contribution is 8.00. The Morgan fingerprint density at radius 1 is 1.28 bits per heavy atom. The van der Waals surface area contributed by atoms with E-state index in [1.54, 1.807) is 6.92 Å². The number of carbonyl (C=O) groups excluding carboxylic acids is 1. The van der Waals surface area contributed by atoms with Gasteiger partial charge in [-0.15, -0.1) is 0 Å². The van der Waals surface area contributed by atoms with E-state index in [4.69, 9.17) is 10.4 Å². The van der Waals surface area contributed by atoms with Crippen molar-refractivity contribution >= 4 is 44.4 Å². The molecule has 0 aliphatic heterocycles. The second-order valence-electron chi connectivity index (χ2n) is 6.26. The van der Waals surface area contributed by atoms with Crippen LogP contribution in [0.4, 0.5) is 5.69 Å². The summed E-state index contributed by atoms with van der Waals surface area (Å²) in [5, 5.41) is 17.0. The summed E-state index contributed by atoms with van der Waals surface area (Å²) in [6.45, 7) is 2.25. The number of fused-ring (bicyclic) bond motifs is 1. The average molecular weight is 430 g/mol. The number of primary sulfonamides is 1. The number of imidazole rings is 1. The monoisotopic (exact) mass is 429 g/mol. The molecule has 3 aromatic rings. The highest BCUT2D eigenvalue weighted by atomic mass is 32.2. The highest BCUT2D eigenvalue weighted by Gasteiger charge is 2.20. The highest BCUT2D eigenvalue weighted by Crippen LogP contribution is 2.28. The molecular formula is C19H19N5O3S2. The predicted octanol–water partition coefficient (Wildman–Crippen LogP) is 2.72. The summed E-state index contributed by atoms with van der Waals surface area (Å²) in [6, 6.07) is 15.4. The van der Waals surface area contributed by atoms with Crippen LogP contribution in [-0.4, -0.2) is 29.1 Å². The number of nitrogens with two attached hydrogens (primary N) is 1. The second-order valence-corrected chi connectivity index (χ2v) is 9.13. The number of nitrogens with one attached hydrogen (secondary N) is 1. The molecule has 10 heteroatoms. The summed E-state index contributed by atoms with van der Waals surface area (Å²) in [5.74, 6) is -0.253. The quantitative estimate of drug-likeness (QED) is 0.555. The zero-order valence-corrected chi connectivity index (χ0v) is 17.2. The van der Waals surface area contributed by atoms with Gasteiger partial charge in [-0.05, 0) is 43.3 Å². The fraction of sp³-hybridized carbons (Fsp3) is 0.211. The zero-order valence-electron chi connectivity index (χ0n) is 15.6. The maximum Gasteiger partial charge on any atom is 0.238 e. The Hall–Kier alpha value is -2.87. The van der Waals surface area contributed by atoms with Crippen LogP contribution in [0.1, 0.15) is 13.3 Å². The van der Waals surface area contributed by atoms with Gasteiger partial charge < -0.3 is 9.88 Å². The maximum atomic E-state index is 12.6. The minimum Gasteiger partial charge on any atom is -0.325 e. The van der Waals surface area contributed by atoms with Crippen LogP contribution in [0.3, 0.4) is 0 Å². The smallest absolute Gasteiger partial charge is 0.238 e. The van der Waals surface area contributed by atoms with E-state index in [-0.39, 0.29) is 10.8 Å². The van der Waals surface area contributed by atoms with Crippen LogP contribution in [0.15, 0.2) is 58.6 Å². The molecule has 3 N–H and O–H groups in total. The van der Waals surface area contributed by atoms with Crippen molar-refractivity contribution in [2.24, 2.45) is 5.14 Å². The number of sulfonamides is 1. The lowest BCUT2D eigenvalue weighted by molar-refractivity contribution is -0.115. The summed E-state index contributed by atoms with van der Waals surface area (Å²) in [6.07, 6.45) is 0.338. The number of benzene rings is 2. The van der Waals surface area contributed by atoms with Crippen molar-refractivity contribution in [2.45, 2.75) is 35.2 Å². The van der Waals surface area contributed by atoms with Gasteiger partial charge in [-0.3, -0.25) is 4.79 Å². The first-order valence-corrected chi connectivity index (χ1v) is 11.1. The van der Waals surface area contributed by atoms with Gasteiger partial charge >= 0.3 is 0 Å². The van der Waals surface area contributed by atoms with Gasteiger partial charge in [0, 0.05) is 12.2 Å². The Labute approximate surface area is 172 Å². The van der Waals surface area contributed by atoms with Crippen LogP contribution < -0.4 is 10.5 Å². The molecule has 1 atom stereocenters. The molecule has 1 heterocycles. The molecule has 0 saturated heterocycles. The number of para-hydroxylation sites is 2.